The van der Waals surface area contributed by atoms with Crippen LogP contribution in [0.3, 0.4) is 0 Å². The van der Waals surface area contributed by atoms with Crippen molar-refractivity contribution in [2.45, 2.75) is 69.4 Å². The summed E-state index contributed by atoms with van der Waals surface area (Å²) in [5.74, 6) is 0.798. The van der Waals surface area contributed by atoms with Gasteiger partial charge in [-0.05, 0) is 56.2 Å². The van der Waals surface area contributed by atoms with Crippen LogP contribution in [-0.4, -0.2) is 19.8 Å². The molecule has 116 valence electrons. The summed E-state index contributed by atoms with van der Waals surface area (Å²) in [7, 11) is 2.05. The van der Waals surface area contributed by atoms with Crippen LogP contribution in [0.5, 0.6) is 0 Å². The topological polar surface area (TPSA) is 21.3 Å². The van der Waals surface area contributed by atoms with Gasteiger partial charge in [-0.2, -0.15) is 0 Å². The van der Waals surface area contributed by atoms with Crippen molar-refractivity contribution in [2.24, 2.45) is 0 Å². The van der Waals surface area contributed by atoms with Crippen molar-refractivity contribution in [2.75, 3.05) is 13.7 Å². The molecule has 1 aromatic rings. The monoisotopic (exact) mass is 287 g/mol. The van der Waals surface area contributed by atoms with E-state index in [9.17, 15) is 0 Å². The molecule has 3 rings (SSSR count). The number of nitrogens with one attached hydrogen (secondary N) is 1. The average Bonchev–Trinajstić information content (AvgIpc) is 2.58. The van der Waals surface area contributed by atoms with Crippen LogP contribution in [-0.2, 0) is 4.74 Å². The van der Waals surface area contributed by atoms with Crippen LogP contribution in [0.4, 0.5) is 0 Å². The number of likely N-dealkylation sites (N-methyl/N-ethyl adjacent to an activating group) is 1. The van der Waals surface area contributed by atoms with E-state index in [1.807, 2.05) is 0 Å². The molecule has 0 spiro atoms. The second kappa shape index (κ2) is 7.42. The van der Waals surface area contributed by atoms with Crippen molar-refractivity contribution in [1.82, 2.24) is 5.32 Å². The smallest absolute Gasteiger partial charge is 0.0769 e. The summed E-state index contributed by atoms with van der Waals surface area (Å²) in [5.41, 5.74) is 2.92. The summed E-state index contributed by atoms with van der Waals surface area (Å²) in [6.07, 6.45) is 11.0. The zero-order chi connectivity index (χ0) is 14.5. The first-order chi connectivity index (χ1) is 10.4. The summed E-state index contributed by atoms with van der Waals surface area (Å²) < 4.78 is 5.97. The van der Waals surface area contributed by atoms with Crippen LogP contribution in [0.25, 0.3) is 0 Å². The van der Waals surface area contributed by atoms with Crippen molar-refractivity contribution in [3.8, 4) is 0 Å². The van der Waals surface area contributed by atoms with Crippen LogP contribution < -0.4 is 5.32 Å². The Morgan fingerprint density at radius 1 is 0.952 bits per heavy atom. The van der Waals surface area contributed by atoms with E-state index in [4.69, 9.17) is 4.74 Å². The molecule has 1 aliphatic carbocycles. The highest BCUT2D eigenvalue weighted by atomic mass is 16.5. The first-order valence-corrected chi connectivity index (χ1v) is 8.77. The summed E-state index contributed by atoms with van der Waals surface area (Å²) in [6, 6.07) is 9.70. The van der Waals surface area contributed by atoms with E-state index in [1.165, 1.54) is 62.5 Å². The molecule has 1 heterocycles. The van der Waals surface area contributed by atoms with Gasteiger partial charge in [-0.25, -0.2) is 0 Å². The normalized spacial score (nSPS) is 25.7. The molecule has 2 aliphatic rings. The van der Waals surface area contributed by atoms with Crippen LogP contribution in [0, 0.1) is 0 Å². The van der Waals surface area contributed by atoms with Gasteiger partial charge in [0, 0.05) is 6.61 Å². The number of rotatable bonds is 4. The maximum absolute atomic E-state index is 5.97. The Bertz CT molecular complexity index is 416. The zero-order valence-corrected chi connectivity index (χ0v) is 13.3. The Kier molecular flexibility index (Phi) is 5.32. The molecule has 1 N–H and O–H groups in total. The minimum Gasteiger partial charge on any atom is -0.376 e. The predicted octanol–water partition coefficient (Wildman–Crippen LogP) is 4.56. The van der Waals surface area contributed by atoms with Crippen molar-refractivity contribution < 1.29 is 4.74 Å². The van der Waals surface area contributed by atoms with Gasteiger partial charge in [-0.1, -0.05) is 43.5 Å². The summed E-state index contributed by atoms with van der Waals surface area (Å²) in [6.45, 7) is 0.920. The molecule has 1 aromatic carbocycles. The lowest BCUT2D eigenvalue weighted by molar-refractivity contribution is -0.00662. The van der Waals surface area contributed by atoms with Crippen LogP contribution in [0.2, 0.25) is 0 Å². The van der Waals surface area contributed by atoms with Gasteiger partial charge in [-0.3, -0.25) is 0 Å². The maximum Gasteiger partial charge on any atom is 0.0769 e. The van der Waals surface area contributed by atoms with Gasteiger partial charge in [0.2, 0.25) is 0 Å². The predicted molar refractivity (Wildman–Crippen MR) is 87.7 cm³/mol. The van der Waals surface area contributed by atoms with Gasteiger partial charge in [0.1, 0.15) is 0 Å². The molecule has 0 radical (unpaired) electrons. The number of hydrogen-bond donors (Lipinski definition) is 1. The molecule has 21 heavy (non-hydrogen) atoms. The highest BCUT2D eigenvalue weighted by Crippen LogP contribution is 2.33. The second-order valence-corrected chi connectivity index (χ2v) is 6.67. The first-order valence-electron chi connectivity index (χ1n) is 8.77. The molecule has 1 saturated heterocycles. The molecular formula is C19H29NO. The highest BCUT2D eigenvalue weighted by Gasteiger charge is 2.25. The lowest BCUT2D eigenvalue weighted by Gasteiger charge is -2.31. The third kappa shape index (κ3) is 3.67. The largest absolute Gasteiger partial charge is 0.376 e. The van der Waals surface area contributed by atoms with Gasteiger partial charge >= 0.3 is 0 Å². The van der Waals surface area contributed by atoms with Crippen LogP contribution in [0.1, 0.15) is 74.5 Å². The van der Waals surface area contributed by atoms with E-state index in [2.05, 4.69) is 36.6 Å². The third-order valence-electron chi connectivity index (χ3n) is 5.27. The van der Waals surface area contributed by atoms with E-state index in [1.54, 1.807) is 0 Å². The summed E-state index contributed by atoms with van der Waals surface area (Å²) in [5, 5.41) is 3.46. The molecular weight excluding hydrogens is 258 g/mol. The van der Waals surface area contributed by atoms with Gasteiger partial charge in [-0.15, -0.1) is 0 Å². The minimum atomic E-state index is 0.337. The second-order valence-electron chi connectivity index (χ2n) is 6.67. The van der Waals surface area contributed by atoms with Gasteiger partial charge in [0.25, 0.3) is 0 Å². The summed E-state index contributed by atoms with van der Waals surface area (Å²) in [4.78, 5) is 0. The number of benzene rings is 1. The maximum atomic E-state index is 5.97. The molecule has 2 nitrogen and oxygen atoms in total. The fourth-order valence-corrected chi connectivity index (χ4v) is 4.01. The Labute approximate surface area is 129 Å². The van der Waals surface area contributed by atoms with Crippen molar-refractivity contribution >= 4 is 0 Å². The molecule has 0 aromatic heterocycles. The molecule has 2 heteroatoms. The van der Waals surface area contributed by atoms with E-state index in [0.717, 1.165) is 12.5 Å². The molecule has 2 atom stereocenters. The number of ether oxygens (including phenoxy) is 1. The molecule has 1 saturated carbocycles. The molecule has 2 fully saturated rings. The molecule has 0 bridgehead atoms. The van der Waals surface area contributed by atoms with Gasteiger partial charge < -0.3 is 10.1 Å². The Balaban J connectivity index is 1.69. The standard InChI is InChI=1S/C19H29NO/c1-20-19(18-9-5-6-14-21-18)17-12-10-16(11-13-17)15-7-3-2-4-8-15/h10-13,15,18-20H,2-9,14H2,1H3. The van der Waals surface area contributed by atoms with Crippen LogP contribution in [0.15, 0.2) is 24.3 Å². The quantitative estimate of drug-likeness (QED) is 0.876. The molecule has 2 unspecified atom stereocenters. The van der Waals surface area contributed by atoms with E-state index in [-0.39, 0.29) is 0 Å². The van der Waals surface area contributed by atoms with Crippen molar-refractivity contribution in [3.05, 3.63) is 35.4 Å². The number of hydrogen-bond acceptors (Lipinski definition) is 2. The SMILES string of the molecule is CNC(c1ccc(C2CCCCC2)cc1)C1CCCCO1. The minimum absolute atomic E-state index is 0.337. The van der Waals surface area contributed by atoms with Crippen molar-refractivity contribution in [3.63, 3.8) is 0 Å². The Hall–Kier alpha value is -0.860. The Morgan fingerprint density at radius 3 is 2.29 bits per heavy atom. The van der Waals surface area contributed by atoms with Crippen molar-refractivity contribution in [1.29, 1.82) is 0 Å². The fraction of sp³-hybridized carbons (Fsp3) is 0.684. The average molecular weight is 287 g/mol. The third-order valence-corrected chi connectivity index (χ3v) is 5.27. The molecule has 0 amide bonds. The molecule has 1 aliphatic heterocycles. The summed E-state index contributed by atoms with van der Waals surface area (Å²) >= 11 is 0. The van der Waals surface area contributed by atoms with E-state index >= 15 is 0 Å². The lowest BCUT2D eigenvalue weighted by atomic mass is 9.83. The lowest BCUT2D eigenvalue weighted by Crippen LogP contribution is -2.34. The van der Waals surface area contributed by atoms with Gasteiger partial charge in [0.05, 0.1) is 12.1 Å². The first kappa shape index (κ1) is 15.1. The van der Waals surface area contributed by atoms with E-state index in [0.29, 0.717) is 12.1 Å². The van der Waals surface area contributed by atoms with Crippen LogP contribution >= 0.6 is 0 Å². The fourth-order valence-electron chi connectivity index (χ4n) is 4.01. The zero-order valence-electron chi connectivity index (χ0n) is 13.3. The Morgan fingerprint density at radius 2 is 1.67 bits per heavy atom. The highest BCUT2D eigenvalue weighted by molar-refractivity contribution is 5.28. The van der Waals surface area contributed by atoms with E-state index < -0.39 is 0 Å². The van der Waals surface area contributed by atoms with Gasteiger partial charge in [0.15, 0.2) is 0 Å².